The Bertz CT molecular complexity index is 456. The van der Waals surface area contributed by atoms with Gasteiger partial charge in [0.05, 0.1) is 12.5 Å². The van der Waals surface area contributed by atoms with Crippen LogP contribution in [-0.2, 0) is 13.0 Å². The topological polar surface area (TPSA) is 71.9 Å². The van der Waals surface area contributed by atoms with Crippen molar-refractivity contribution in [1.82, 2.24) is 4.98 Å². The first kappa shape index (κ1) is 14.0. The second-order valence-electron chi connectivity index (χ2n) is 2.97. The smallest absolute Gasteiger partial charge is 0.387 e. The van der Waals surface area contributed by atoms with Gasteiger partial charge < -0.3 is 10.5 Å². The van der Waals surface area contributed by atoms with Crippen LogP contribution in [0, 0.1) is 15.0 Å². The van der Waals surface area contributed by atoms with Crippen molar-refractivity contribution in [2.45, 2.75) is 19.3 Å². The van der Waals surface area contributed by atoms with Gasteiger partial charge in [0.2, 0.25) is 5.88 Å². The number of hydrogen-bond donors (Lipinski definition) is 1. The molecular weight excluding hydrogens is 350 g/mol. The summed E-state index contributed by atoms with van der Waals surface area (Å²) in [7, 11) is 0. The SMILES string of the molecule is N#CCc1cc(I)nc(OC(F)(F)F)c1CN. The van der Waals surface area contributed by atoms with E-state index in [0.29, 0.717) is 9.26 Å². The monoisotopic (exact) mass is 357 g/mol. The number of alkyl halides is 3. The van der Waals surface area contributed by atoms with Gasteiger partial charge in [-0.15, -0.1) is 13.2 Å². The number of pyridine rings is 1. The van der Waals surface area contributed by atoms with E-state index >= 15 is 0 Å². The third-order valence-corrected chi connectivity index (χ3v) is 2.39. The van der Waals surface area contributed by atoms with Gasteiger partial charge in [0, 0.05) is 12.1 Å². The summed E-state index contributed by atoms with van der Waals surface area (Å²) in [4.78, 5) is 3.63. The van der Waals surface area contributed by atoms with Gasteiger partial charge in [0.25, 0.3) is 0 Å². The van der Waals surface area contributed by atoms with E-state index in [4.69, 9.17) is 11.0 Å². The van der Waals surface area contributed by atoms with E-state index in [0.717, 1.165) is 0 Å². The molecule has 0 aliphatic carbocycles. The zero-order valence-electron chi connectivity index (χ0n) is 8.38. The fraction of sp³-hybridized carbons (Fsp3) is 0.333. The van der Waals surface area contributed by atoms with Crippen LogP contribution in [0.25, 0.3) is 0 Å². The van der Waals surface area contributed by atoms with Gasteiger partial charge in [-0.3, -0.25) is 0 Å². The first-order valence-electron chi connectivity index (χ1n) is 4.38. The van der Waals surface area contributed by atoms with Gasteiger partial charge >= 0.3 is 6.36 Å². The standard InChI is InChI=1S/C9H7F3IN3O/c10-9(11,12)17-8-6(4-15)5(1-2-14)3-7(13)16-8/h3H,1,4,15H2. The highest BCUT2D eigenvalue weighted by atomic mass is 127. The van der Waals surface area contributed by atoms with E-state index in [1.54, 1.807) is 22.6 Å². The Morgan fingerprint density at radius 3 is 2.65 bits per heavy atom. The molecule has 0 radical (unpaired) electrons. The van der Waals surface area contributed by atoms with Crippen molar-refractivity contribution >= 4 is 22.6 Å². The molecule has 0 saturated carbocycles. The van der Waals surface area contributed by atoms with Crippen LogP contribution in [0.2, 0.25) is 0 Å². The van der Waals surface area contributed by atoms with Crippen LogP contribution in [0.4, 0.5) is 13.2 Å². The summed E-state index contributed by atoms with van der Waals surface area (Å²) < 4.78 is 40.5. The lowest BCUT2D eigenvalue weighted by Gasteiger charge is -2.14. The molecule has 4 nitrogen and oxygen atoms in total. The van der Waals surface area contributed by atoms with Gasteiger partial charge in [0.1, 0.15) is 3.70 Å². The predicted octanol–water partition coefficient (Wildman–Crippen LogP) is 2.11. The van der Waals surface area contributed by atoms with Crippen molar-refractivity contribution in [3.8, 4) is 11.9 Å². The number of rotatable bonds is 3. The highest BCUT2D eigenvalue weighted by Gasteiger charge is 2.33. The minimum absolute atomic E-state index is 0.0424. The molecule has 17 heavy (non-hydrogen) atoms. The molecule has 0 aromatic carbocycles. The van der Waals surface area contributed by atoms with Gasteiger partial charge in [-0.05, 0) is 34.2 Å². The Labute approximate surface area is 109 Å². The lowest BCUT2D eigenvalue weighted by molar-refractivity contribution is -0.276. The van der Waals surface area contributed by atoms with Crippen molar-refractivity contribution in [3.63, 3.8) is 0 Å². The third kappa shape index (κ3) is 4.01. The molecule has 1 aromatic heterocycles. The second-order valence-corrected chi connectivity index (χ2v) is 4.08. The van der Waals surface area contributed by atoms with Crippen LogP contribution < -0.4 is 10.5 Å². The summed E-state index contributed by atoms with van der Waals surface area (Å²) in [5.74, 6) is -0.586. The summed E-state index contributed by atoms with van der Waals surface area (Å²) in [5.41, 5.74) is 5.85. The van der Waals surface area contributed by atoms with Gasteiger partial charge in [-0.25, -0.2) is 4.98 Å². The quantitative estimate of drug-likeness (QED) is 0.665. The van der Waals surface area contributed by atoms with Crippen LogP contribution in [0.15, 0.2) is 6.07 Å². The van der Waals surface area contributed by atoms with Crippen LogP contribution in [0.3, 0.4) is 0 Å². The van der Waals surface area contributed by atoms with E-state index < -0.39 is 12.2 Å². The van der Waals surface area contributed by atoms with Crippen molar-refractivity contribution in [2.24, 2.45) is 5.73 Å². The maximum Gasteiger partial charge on any atom is 0.574 e. The van der Waals surface area contributed by atoms with Crippen LogP contribution in [-0.4, -0.2) is 11.3 Å². The number of aromatic nitrogens is 1. The van der Waals surface area contributed by atoms with Crippen molar-refractivity contribution < 1.29 is 17.9 Å². The largest absolute Gasteiger partial charge is 0.574 e. The molecule has 0 unspecified atom stereocenters. The average Bonchev–Trinajstić information content (AvgIpc) is 2.15. The van der Waals surface area contributed by atoms with Gasteiger partial charge in [-0.2, -0.15) is 5.26 Å². The number of hydrogen-bond acceptors (Lipinski definition) is 4. The zero-order valence-corrected chi connectivity index (χ0v) is 10.5. The molecule has 1 heterocycles. The summed E-state index contributed by atoms with van der Waals surface area (Å²) in [6, 6.07) is 3.36. The van der Waals surface area contributed by atoms with E-state index in [9.17, 15) is 13.2 Å². The normalized spacial score (nSPS) is 11.1. The Kier molecular flexibility index (Phi) is 4.53. The van der Waals surface area contributed by atoms with Crippen LogP contribution in [0.5, 0.6) is 5.88 Å². The number of ether oxygens (including phenoxy) is 1. The summed E-state index contributed by atoms with van der Waals surface area (Å²) in [6.45, 7) is -0.174. The Morgan fingerprint density at radius 1 is 1.53 bits per heavy atom. The summed E-state index contributed by atoms with van der Waals surface area (Å²) in [5, 5.41) is 8.58. The van der Waals surface area contributed by atoms with E-state index in [1.165, 1.54) is 6.07 Å². The zero-order chi connectivity index (χ0) is 13.1. The molecular formula is C9H7F3IN3O. The van der Waals surface area contributed by atoms with Crippen molar-refractivity contribution in [2.75, 3.05) is 0 Å². The van der Waals surface area contributed by atoms with Gasteiger partial charge in [-0.1, -0.05) is 0 Å². The lowest BCUT2D eigenvalue weighted by atomic mass is 10.1. The van der Waals surface area contributed by atoms with Crippen LogP contribution >= 0.6 is 22.6 Å². The lowest BCUT2D eigenvalue weighted by Crippen LogP contribution is -2.20. The number of nitriles is 1. The fourth-order valence-corrected chi connectivity index (χ4v) is 1.82. The average molecular weight is 357 g/mol. The predicted molar refractivity (Wildman–Crippen MR) is 60.8 cm³/mol. The maximum atomic E-state index is 12.1. The molecule has 0 aliphatic heterocycles. The molecule has 1 aromatic rings. The third-order valence-electron chi connectivity index (χ3n) is 1.83. The van der Waals surface area contributed by atoms with E-state index in [2.05, 4.69) is 9.72 Å². The second kappa shape index (κ2) is 5.50. The summed E-state index contributed by atoms with van der Waals surface area (Å²) in [6.07, 6.45) is -4.87. The van der Waals surface area contributed by atoms with Crippen molar-refractivity contribution in [3.05, 3.63) is 20.9 Å². The molecule has 0 spiro atoms. The number of nitrogens with zero attached hydrogens (tertiary/aromatic N) is 2. The first-order valence-corrected chi connectivity index (χ1v) is 5.46. The Hall–Kier alpha value is -1.08. The minimum atomic E-state index is -4.83. The molecule has 0 amide bonds. The number of nitrogens with two attached hydrogens (primary N) is 1. The maximum absolute atomic E-state index is 12.1. The first-order chi connectivity index (χ1) is 7.87. The molecule has 1 rings (SSSR count). The highest BCUT2D eigenvalue weighted by Crippen LogP contribution is 2.28. The molecule has 0 fully saturated rings. The van der Waals surface area contributed by atoms with E-state index in [-0.39, 0.29) is 18.5 Å². The molecule has 0 aliphatic rings. The molecule has 0 atom stereocenters. The Balaban J connectivity index is 3.24. The highest BCUT2D eigenvalue weighted by molar-refractivity contribution is 14.1. The molecule has 92 valence electrons. The molecule has 0 saturated heterocycles. The molecule has 2 N–H and O–H groups in total. The van der Waals surface area contributed by atoms with Crippen molar-refractivity contribution in [1.29, 1.82) is 5.26 Å². The van der Waals surface area contributed by atoms with E-state index in [1.807, 2.05) is 6.07 Å². The molecule has 0 bridgehead atoms. The summed E-state index contributed by atoms with van der Waals surface area (Å²) >= 11 is 1.75. The van der Waals surface area contributed by atoms with Crippen LogP contribution in [0.1, 0.15) is 11.1 Å². The fourth-order valence-electron chi connectivity index (χ4n) is 1.22. The number of halogens is 4. The Morgan fingerprint density at radius 2 is 2.18 bits per heavy atom. The minimum Gasteiger partial charge on any atom is -0.387 e. The molecule has 8 heteroatoms. The van der Waals surface area contributed by atoms with Gasteiger partial charge in [0.15, 0.2) is 0 Å².